The smallest absolute Gasteiger partial charge is 0.237 e. The molecule has 1 amide bonds. The topological polar surface area (TPSA) is 52.8 Å². The summed E-state index contributed by atoms with van der Waals surface area (Å²) in [5, 5.41) is 0. The van der Waals surface area contributed by atoms with Crippen LogP contribution in [0.1, 0.15) is 24.8 Å². The summed E-state index contributed by atoms with van der Waals surface area (Å²) in [6.07, 6.45) is 3.38. The average Bonchev–Trinajstić information content (AvgIpc) is 2.64. The van der Waals surface area contributed by atoms with Crippen molar-refractivity contribution in [3.8, 4) is 0 Å². The molecule has 1 atom stereocenters. The first-order chi connectivity index (χ1) is 11.8. The first-order valence-electron chi connectivity index (χ1n) is 9.24. The van der Waals surface area contributed by atoms with Crippen molar-refractivity contribution in [3.63, 3.8) is 0 Å². The van der Waals surface area contributed by atoms with Crippen molar-refractivity contribution < 1.29 is 4.79 Å². The fourth-order valence-electron chi connectivity index (χ4n) is 3.80. The number of halogens is 2. The number of likely N-dealkylation sites (tertiary alicyclic amines) is 1. The van der Waals surface area contributed by atoms with Gasteiger partial charge in [0.25, 0.3) is 0 Å². The van der Waals surface area contributed by atoms with Crippen LogP contribution in [-0.2, 0) is 11.3 Å². The predicted molar refractivity (Wildman–Crippen MR) is 111 cm³/mol. The first-order valence-corrected chi connectivity index (χ1v) is 9.24. The van der Waals surface area contributed by atoms with Gasteiger partial charge >= 0.3 is 0 Å². The van der Waals surface area contributed by atoms with E-state index in [1.165, 1.54) is 12.0 Å². The lowest BCUT2D eigenvalue weighted by Gasteiger charge is -2.38. The molecule has 0 radical (unpaired) electrons. The van der Waals surface area contributed by atoms with E-state index in [0.717, 1.165) is 52.1 Å². The molecule has 0 spiro atoms. The number of piperidine rings is 1. The molecule has 2 aliphatic heterocycles. The number of amides is 1. The first kappa shape index (κ1) is 23.2. The van der Waals surface area contributed by atoms with E-state index in [9.17, 15) is 4.79 Å². The molecule has 2 heterocycles. The standard InChI is InChI=1S/C19H30N4O.2ClH/c20-14-18-8-4-5-9-23(18)19(24)16-22-12-10-21(11-13-22)15-17-6-2-1-3-7-17;;/h1-3,6-7,18H,4-5,8-16,20H2;2*1H. The van der Waals surface area contributed by atoms with Crippen LogP contribution in [0, 0.1) is 0 Å². The minimum Gasteiger partial charge on any atom is -0.337 e. The van der Waals surface area contributed by atoms with Gasteiger partial charge in [-0.1, -0.05) is 30.3 Å². The van der Waals surface area contributed by atoms with E-state index >= 15 is 0 Å². The lowest BCUT2D eigenvalue weighted by molar-refractivity contribution is -0.136. The molecular weight excluding hydrogens is 371 g/mol. The van der Waals surface area contributed by atoms with Gasteiger partial charge in [0.15, 0.2) is 0 Å². The lowest BCUT2D eigenvalue weighted by Crippen LogP contribution is -2.53. The highest BCUT2D eigenvalue weighted by atomic mass is 35.5. The normalized spacial score (nSPS) is 21.6. The maximum atomic E-state index is 12.6. The van der Waals surface area contributed by atoms with Gasteiger partial charge in [0.1, 0.15) is 0 Å². The van der Waals surface area contributed by atoms with E-state index in [1.807, 2.05) is 4.90 Å². The Morgan fingerprint density at radius 2 is 1.62 bits per heavy atom. The van der Waals surface area contributed by atoms with Crippen molar-refractivity contribution >= 4 is 30.7 Å². The summed E-state index contributed by atoms with van der Waals surface area (Å²) in [6, 6.07) is 10.9. The Kier molecular flexibility index (Phi) is 10.5. The van der Waals surface area contributed by atoms with Crippen LogP contribution < -0.4 is 5.73 Å². The van der Waals surface area contributed by atoms with Crippen LogP contribution in [-0.4, -0.2) is 72.5 Å². The zero-order chi connectivity index (χ0) is 16.8. The summed E-state index contributed by atoms with van der Waals surface area (Å²) in [5.41, 5.74) is 7.20. The second kappa shape index (κ2) is 11.8. The minimum atomic E-state index is 0. The van der Waals surface area contributed by atoms with Crippen molar-refractivity contribution in [2.45, 2.75) is 31.8 Å². The monoisotopic (exact) mass is 402 g/mol. The van der Waals surface area contributed by atoms with Crippen molar-refractivity contribution in [2.75, 3.05) is 45.8 Å². The molecule has 2 fully saturated rings. The highest BCUT2D eigenvalue weighted by Crippen LogP contribution is 2.17. The van der Waals surface area contributed by atoms with Crippen LogP contribution in [0.3, 0.4) is 0 Å². The number of carbonyl (C=O) groups excluding carboxylic acids is 1. The highest BCUT2D eigenvalue weighted by molar-refractivity contribution is 5.85. The van der Waals surface area contributed by atoms with E-state index in [2.05, 4.69) is 40.1 Å². The highest BCUT2D eigenvalue weighted by Gasteiger charge is 2.27. The molecule has 1 aromatic rings. The Balaban J connectivity index is 0.00000169. The molecule has 0 saturated carbocycles. The largest absolute Gasteiger partial charge is 0.337 e. The third-order valence-corrected chi connectivity index (χ3v) is 5.29. The van der Waals surface area contributed by atoms with Crippen LogP contribution in [0.25, 0.3) is 0 Å². The number of nitrogens with two attached hydrogens (primary N) is 1. The zero-order valence-corrected chi connectivity index (χ0v) is 17.0. The molecule has 1 unspecified atom stereocenters. The molecule has 5 nitrogen and oxygen atoms in total. The van der Waals surface area contributed by atoms with Gasteiger partial charge in [0, 0.05) is 51.9 Å². The molecule has 26 heavy (non-hydrogen) atoms. The number of rotatable bonds is 5. The molecule has 0 aromatic heterocycles. The number of benzene rings is 1. The minimum absolute atomic E-state index is 0. The molecule has 2 saturated heterocycles. The second-order valence-electron chi connectivity index (χ2n) is 7.01. The van der Waals surface area contributed by atoms with E-state index in [-0.39, 0.29) is 36.8 Å². The van der Waals surface area contributed by atoms with Gasteiger partial charge < -0.3 is 10.6 Å². The Hall–Kier alpha value is -0.850. The van der Waals surface area contributed by atoms with Crippen molar-refractivity contribution in [3.05, 3.63) is 35.9 Å². The molecule has 3 rings (SSSR count). The summed E-state index contributed by atoms with van der Waals surface area (Å²) in [4.78, 5) is 19.4. The summed E-state index contributed by atoms with van der Waals surface area (Å²) in [5.74, 6) is 0.265. The van der Waals surface area contributed by atoms with E-state index in [1.54, 1.807) is 0 Å². The average molecular weight is 403 g/mol. The van der Waals surface area contributed by atoms with E-state index < -0.39 is 0 Å². The van der Waals surface area contributed by atoms with Crippen molar-refractivity contribution in [1.82, 2.24) is 14.7 Å². The van der Waals surface area contributed by atoms with Gasteiger partial charge in [-0.25, -0.2) is 0 Å². The second-order valence-corrected chi connectivity index (χ2v) is 7.01. The van der Waals surface area contributed by atoms with Crippen LogP contribution in [0.2, 0.25) is 0 Å². The predicted octanol–water partition coefficient (Wildman–Crippen LogP) is 1.99. The van der Waals surface area contributed by atoms with Crippen molar-refractivity contribution in [1.29, 1.82) is 0 Å². The lowest BCUT2D eigenvalue weighted by atomic mass is 10.0. The van der Waals surface area contributed by atoms with Crippen LogP contribution in [0.4, 0.5) is 0 Å². The van der Waals surface area contributed by atoms with Crippen LogP contribution >= 0.6 is 24.8 Å². The maximum Gasteiger partial charge on any atom is 0.237 e. The molecule has 148 valence electrons. The van der Waals surface area contributed by atoms with Crippen LogP contribution in [0.15, 0.2) is 30.3 Å². The summed E-state index contributed by atoms with van der Waals surface area (Å²) < 4.78 is 0. The summed E-state index contributed by atoms with van der Waals surface area (Å²) >= 11 is 0. The van der Waals surface area contributed by atoms with Gasteiger partial charge in [0.2, 0.25) is 5.91 Å². The summed E-state index contributed by atoms with van der Waals surface area (Å²) in [6.45, 7) is 7.04. The molecule has 2 N–H and O–H groups in total. The Bertz CT molecular complexity index is 524. The number of carbonyl (C=O) groups is 1. The number of hydrogen-bond acceptors (Lipinski definition) is 4. The number of hydrogen-bond donors (Lipinski definition) is 1. The third-order valence-electron chi connectivity index (χ3n) is 5.29. The number of nitrogens with zero attached hydrogens (tertiary/aromatic N) is 3. The SMILES string of the molecule is Cl.Cl.NCC1CCCCN1C(=O)CN1CCN(Cc2ccccc2)CC1. The Labute approximate surface area is 169 Å². The molecule has 7 heteroatoms. The van der Waals surface area contributed by atoms with Gasteiger partial charge in [-0.05, 0) is 24.8 Å². The molecular formula is C19H32Cl2N4O. The molecule has 0 aliphatic carbocycles. The Morgan fingerprint density at radius 1 is 0.962 bits per heavy atom. The zero-order valence-electron chi connectivity index (χ0n) is 15.4. The van der Waals surface area contributed by atoms with Gasteiger partial charge in [0.05, 0.1) is 6.54 Å². The summed E-state index contributed by atoms with van der Waals surface area (Å²) in [7, 11) is 0. The molecule has 1 aromatic carbocycles. The molecule has 0 bridgehead atoms. The van der Waals surface area contributed by atoms with Crippen molar-refractivity contribution in [2.24, 2.45) is 5.73 Å². The van der Waals surface area contributed by atoms with Gasteiger partial charge in [-0.15, -0.1) is 24.8 Å². The van der Waals surface area contributed by atoms with Gasteiger partial charge in [-0.3, -0.25) is 14.6 Å². The molecule has 2 aliphatic rings. The fourth-order valence-corrected chi connectivity index (χ4v) is 3.80. The quantitative estimate of drug-likeness (QED) is 0.817. The van der Waals surface area contributed by atoms with E-state index in [0.29, 0.717) is 13.1 Å². The number of piperazine rings is 1. The Morgan fingerprint density at radius 3 is 2.27 bits per heavy atom. The van der Waals surface area contributed by atoms with Crippen LogP contribution in [0.5, 0.6) is 0 Å². The maximum absolute atomic E-state index is 12.6. The van der Waals surface area contributed by atoms with Gasteiger partial charge in [-0.2, -0.15) is 0 Å². The fraction of sp³-hybridized carbons (Fsp3) is 0.632. The van der Waals surface area contributed by atoms with E-state index in [4.69, 9.17) is 5.73 Å². The third kappa shape index (κ3) is 6.39.